The van der Waals surface area contributed by atoms with Gasteiger partial charge in [-0.3, -0.25) is 4.79 Å². The van der Waals surface area contributed by atoms with Crippen LogP contribution < -0.4 is 5.32 Å². The van der Waals surface area contributed by atoms with E-state index in [-0.39, 0.29) is 29.1 Å². The van der Waals surface area contributed by atoms with E-state index in [0.29, 0.717) is 28.7 Å². The molecule has 2 atom stereocenters. The first kappa shape index (κ1) is 17.1. The maximum atomic E-state index is 14.4. The van der Waals surface area contributed by atoms with E-state index in [1.165, 1.54) is 17.4 Å². The summed E-state index contributed by atoms with van der Waals surface area (Å²) < 4.78 is 19.6. The number of nitrogens with one attached hydrogen (secondary N) is 1. The molecule has 1 aromatic carbocycles. The zero-order valence-electron chi connectivity index (χ0n) is 14.2. The van der Waals surface area contributed by atoms with Crippen molar-refractivity contribution in [3.05, 3.63) is 40.2 Å². The number of methoxy groups -OCH3 is 1. The number of carbonyl (C=O) groups excluding carboxylic acids is 1. The fourth-order valence-electron chi connectivity index (χ4n) is 3.55. The Bertz CT molecular complexity index is 907. The molecule has 0 radical (unpaired) electrons. The van der Waals surface area contributed by atoms with Crippen molar-refractivity contribution >= 4 is 17.2 Å². The molecule has 2 aliphatic heterocycles. The number of amides is 1. The summed E-state index contributed by atoms with van der Waals surface area (Å²) in [4.78, 5) is 19.7. The highest BCUT2D eigenvalue weighted by Gasteiger charge is 2.39. The Morgan fingerprint density at radius 2 is 2.38 bits per heavy atom. The second-order valence-electron chi connectivity index (χ2n) is 6.46. The van der Waals surface area contributed by atoms with Gasteiger partial charge in [0.25, 0.3) is 5.91 Å². The Balaban J connectivity index is 1.56. The predicted octanol–water partition coefficient (Wildman–Crippen LogP) is 2.15. The molecular weight excluding hydrogens is 355 g/mol. The van der Waals surface area contributed by atoms with E-state index in [9.17, 15) is 9.18 Å². The highest BCUT2D eigenvalue weighted by atomic mass is 32.1. The van der Waals surface area contributed by atoms with E-state index in [0.717, 1.165) is 13.0 Å². The number of nitrogens with zero attached hydrogens (tertiary/aromatic N) is 3. The van der Waals surface area contributed by atoms with Crippen LogP contribution >= 0.6 is 11.3 Å². The zero-order valence-corrected chi connectivity index (χ0v) is 15.0. The summed E-state index contributed by atoms with van der Waals surface area (Å²) in [5.74, 6) is -0.639. The van der Waals surface area contributed by atoms with E-state index in [2.05, 4.69) is 10.3 Å². The molecule has 0 spiro atoms. The van der Waals surface area contributed by atoms with Crippen molar-refractivity contribution in [1.82, 2.24) is 15.2 Å². The minimum atomic E-state index is -0.589. The van der Waals surface area contributed by atoms with Gasteiger partial charge in [-0.1, -0.05) is 6.07 Å². The van der Waals surface area contributed by atoms with Crippen LogP contribution in [0.1, 0.15) is 27.3 Å². The maximum Gasteiger partial charge on any atom is 0.266 e. The third-order valence-electron chi connectivity index (χ3n) is 4.83. The largest absolute Gasteiger partial charge is 0.383 e. The number of rotatable bonds is 4. The van der Waals surface area contributed by atoms with Crippen LogP contribution in [0, 0.1) is 17.1 Å². The molecule has 0 aliphatic carbocycles. The van der Waals surface area contributed by atoms with Gasteiger partial charge in [-0.25, -0.2) is 9.37 Å². The number of hydrogen-bond donors (Lipinski definition) is 1. The Kier molecular flexibility index (Phi) is 4.44. The van der Waals surface area contributed by atoms with E-state index in [1.807, 2.05) is 11.0 Å². The van der Waals surface area contributed by atoms with Gasteiger partial charge in [0.2, 0.25) is 0 Å². The van der Waals surface area contributed by atoms with Crippen LogP contribution in [0.5, 0.6) is 0 Å². The van der Waals surface area contributed by atoms with Gasteiger partial charge >= 0.3 is 0 Å². The van der Waals surface area contributed by atoms with Crippen molar-refractivity contribution in [1.29, 1.82) is 5.26 Å². The van der Waals surface area contributed by atoms with Crippen molar-refractivity contribution in [2.45, 2.75) is 25.0 Å². The molecule has 2 aliphatic rings. The Morgan fingerprint density at radius 1 is 1.54 bits per heavy atom. The van der Waals surface area contributed by atoms with Gasteiger partial charge in [0.05, 0.1) is 24.4 Å². The molecule has 3 heterocycles. The quantitative estimate of drug-likeness (QED) is 0.890. The number of benzene rings is 1. The van der Waals surface area contributed by atoms with Crippen molar-refractivity contribution in [2.24, 2.45) is 0 Å². The maximum absolute atomic E-state index is 14.4. The Morgan fingerprint density at radius 3 is 3.12 bits per heavy atom. The fraction of sp³-hybridized carbons (Fsp3) is 0.389. The van der Waals surface area contributed by atoms with Crippen LogP contribution in [-0.2, 0) is 11.3 Å². The van der Waals surface area contributed by atoms with Crippen molar-refractivity contribution in [3.8, 4) is 16.6 Å². The monoisotopic (exact) mass is 372 g/mol. The summed E-state index contributed by atoms with van der Waals surface area (Å²) in [6, 6.07) is 6.84. The SMILES string of the molecule is COC[C@@H]1C[C@@H](N2Cc3nc(-c4cccc(C#N)c4F)sc3C2=O)CN1. The van der Waals surface area contributed by atoms with E-state index < -0.39 is 5.82 Å². The lowest BCUT2D eigenvalue weighted by Gasteiger charge is -2.23. The highest BCUT2D eigenvalue weighted by Crippen LogP contribution is 2.36. The summed E-state index contributed by atoms with van der Waals surface area (Å²) in [6.45, 7) is 1.80. The van der Waals surface area contributed by atoms with Gasteiger partial charge in [0.1, 0.15) is 16.0 Å². The molecule has 8 heteroatoms. The average molecular weight is 372 g/mol. The first-order valence-electron chi connectivity index (χ1n) is 8.34. The van der Waals surface area contributed by atoms with Gasteiger partial charge in [0, 0.05) is 31.3 Å². The Labute approximate surface area is 154 Å². The summed E-state index contributed by atoms with van der Waals surface area (Å²) in [5.41, 5.74) is 0.935. The number of halogens is 1. The van der Waals surface area contributed by atoms with Crippen LogP contribution in [0.3, 0.4) is 0 Å². The summed E-state index contributed by atoms with van der Waals surface area (Å²) in [5, 5.41) is 12.8. The molecule has 0 unspecified atom stereocenters. The van der Waals surface area contributed by atoms with Crippen LogP contribution in [0.15, 0.2) is 18.2 Å². The van der Waals surface area contributed by atoms with Crippen LogP contribution in [-0.4, -0.2) is 48.1 Å². The van der Waals surface area contributed by atoms with E-state index in [1.54, 1.807) is 19.2 Å². The first-order valence-corrected chi connectivity index (χ1v) is 9.16. The molecule has 0 saturated carbocycles. The molecule has 1 fully saturated rings. The normalized spacial score (nSPS) is 21.9. The van der Waals surface area contributed by atoms with Gasteiger partial charge < -0.3 is 15.0 Å². The van der Waals surface area contributed by atoms with Gasteiger partial charge in [0.15, 0.2) is 5.82 Å². The van der Waals surface area contributed by atoms with Crippen molar-refractivity contribution in [3.63, 3.8) is 0 Å². The van der Waals surface area contributed by atoms with Gasteiger partial charge in [-0.15, -0.1) is 11.3 Å². The smallest absolute Gasteiger partial charge is 0.266 e. The standard InChI is InChI=1S/C18H17FN4O2S/c1-25-9-11-5-12(7-21-11)23-8-14-16(18(23)24)26-17(22-14)13-4-2-3-10(6-20)15(13)19/h2-4,11-12,21H,5,7-9H2,1H3/t11-,12+/m0/s1. The molecule has 26 heavy (non-hydrogen) atoms. The Hall–Kier alpha value is -2.34. The topological polar surface area (TPSA) is 78.2 Å². The van der Waals surface area contributed by atoms with E-state index >= 15 is 0 Å². The molecule has 1 N–H and O–H groups in total. The van der Waals surface area contributed by atoms with Crippen LogP contribution in [0.2, 0.25) is 0 Å². The molecule has 6 nitrogen and oxygen atoms in total. The van der Waals surface area contributed by atoms with Crippen molar-refractivity contribution in [2.75, 3.05) is 20.3 Å². The zero-order chi connectivity index (χ0) is 18.3. The second kappa shape index (κ2) is 6.76. The van der Waals surface area contributed by atoms with Gasteiger partial charge in [-0.2, -0.15) is 5.26 Å². The number of fused-ring (bicyclic) bond motifs is 1. The first-order chi connectivity index (χ1) is 12.6. The number of aromatic nitrogens is 1. The van der Waals surface area contributed by atoms with Crippen LogP contribution in [0.4, 0.5) is 4.39 Å². The highest BCUT2D eigenvalue weighted by molar-refractivity contribution is 7.17. The minimum Gasteiger partial charge on any atom is -0.383 e. The lowest BCUT2D eigenvalue weighted by molar-refractivity contribution is 0.0714. The van der Waals surface area contributed by atoms with Crippen molar-refractivity contribution < 1.29 is 13.9 Å². The summed E-state index contributed by atoms with van der Waals surface area (Å²) in [6.07, 6.45) is 0.847. The number of ether oxygens (including phenoxy) is 1. The molecule has 1 saturated heterocycles. The number of hydrogen-bond acceptors (Lipinski definition) is 6. The molecule has 4 rings (SSSR count). The van der Waals surface area contributed by atoms with Crippen LogP contribution in [0.25, 0.3) is 10.6 Å². The molecule has 0 bridgehead atoms. The molecule has 2 aromatic rings. The minimum absolute atomic E-state index is 0.0213. The number of thiazole rings is 1. The summed E-state index contributed by atoms with van der Waals surface area (Å²) in [7, 11) is 1.67. The lowest BCUT2D eigenvalue weighted by Crippen LogP contribution is -2.36. The predicted molar refractivity (Wildman–Crippen MR) is 94.2 cm³/mol. The third kappa shape index (κ3) is 2.78. The molecule has 1 aromatic heterocycles. The lowest BCUT2D eigenvalue weighted by atomic mass is 10.1. The third-order valence-corrected chi connectivity index (χ3v) is 5.95. The van der Waals surface area contributed by atoms with Gasteiger partial charge in [-0.05, 0) is 18.6 Å². The second-order valence-corrected chi connectivity index (χ2v) is 7.46. The average Bonchev–Trinajstić information content (AvgIpc) is 3.32. The number of carbonyl (C=O) groups is 1. The van der Waals surface area contributed by atoms with E-state index in [4.69, 9.17) is 10.00 Å². The number of nitriles is 1. The summed E-state index contributed by atoms with van der Waals surface area (Å²) >= 11 is 1.19. The molecule has 1 amide bonds. The molecular formula is C18H17FN4O2S. The molecule has 134 valence electrons. The fourth-order valence-corrected chi connectivity index (χ4v) is 4.60.